The summed E-state index contributed by atoms with van der Waals surface area (Å²) >= 11 is 0. The van der Waals surface area contributed by atoms with Crippen molar-refractivity contribution in [3.8, 4) is 5.75 Å². The van der Waals surface area contributed by atoms with Crippen molar-refractivity contribution in [2.24, 2.45) is 0 Å². The van der Waals surface area contributed by atoms with Crippen molar-refractivity contribution in [2.75, 3.05) is 14.2 Å². The van der Waals surface area contributed by atoms with Crippen LogP contribution in [-0.2, 0) is 9.31 Å². The van der Waals surface area contributed by atoms with E-state index < -0.39 is 18.3 Å². The Labute approximate surface area is 144 Å². The summed E-state index contributed by atoms with van der Waals surface area (Å²) in [6.45, 7) is 8.03. The summed E-state index contributed by atoms with van der Waals surface area (Å²) in [4.78, 5) is 14.8. The van der Waals surface area contributed by atoms with Crippen molar-refractivity contribution in [3.05, 3.63) is 23.8 Å². The van der Waals surface area contributed by atoms with Crippen molar-refractivity contribution < 1.29 is 18.8 Å². The van der Waals surface area contributed by atoms with Crippen LogP contribution in [0.3, 0.4) is 0 Å². The number of carbonyl (C=O) groups excluding carboxylic acids is 1. The fourth-order valence-corrected chi connectivity index (χ4v) is 2.84. The van der Waals surface area contributed by atoms with Crippen LogP contribution in [-0.4, -0.2) is 49.3 Å². The summed E-state index contributed by atoms with van der Waals surface area (Å²) in [7, 11) is 2.89. The lowest BCUT2D eigenvalue weighted by molar-refractivity contribution is 0.00578. The van der Waals surface area contributed by atoms with Gasteiger partial charge >= 0.3 is 7.12 Å². The quantitative estimate of drug-likeness (QED) is 0.794. The van der Waals surface area contributed by atoms with E-state index in [9.17, 15) is 4.79 Å². The van der Waals surface area contributed by atoms with Gasteiger partial charge in [0.1, 0.15) is 5.75 Å². The standard InChI is InChI=1S/C18H26BNO4/c1-17(2)18(3,4)24-19(23-17)15-10-9-13(22-6)11-14(15)16(21)20(5)12-7-8-12/h9-12H,7-8H2,1-6H3. The first-order valence-corrected chi connectivity index (χ1v) is 8.47. The molecule has 0 N–H and O–H groups in total. The fourth-order valence-electron chi connectivity index (χ4n) is 2.84. The number of rotatable bonds is 4. The zero-order valence-electron chi connectivity index (χ0n) is 15.4. The van der Waals surface area contributed by atoms with Crippen molar-refractivity contribution in [1.82, 2.24) is 4.90 Å². The van der Waals surface area contributed by atoms with Gasteiger partial charge in [-0.15, -0.1) is 0 Å². The SMILES string of the molecule is COc1ccc(B2OC(C)(C)C(C)(C)O2)c(C(=O)N(C)C2CC2)c1. The molecule has 1 heterocycles. The highest BCUT2D eigenvalue weighted by atomic mass is 16.7. The third kappa shape index (κ3) is 2.93. The van der Waals surface area contributed by atoms with E-state index in [2.05, 4.69) is 0 Å². The zero-order valence-corrected chi connectivity index (χ0v) is 15.4. The Morgan fingerprint density at radius 2 is 1.79 bits per heavy atom. The molecule has 0 atom stereocenters. The molecular weight excluding hydrogens is 305 g/mol. The average Bonchev–Trinajstić information content (AvgIpc) is 3.33. The van der Waals surface area contributed by atoms with Gasteiger partial charge in [0.05, 0.1) is 18.3 Å². The molecule has 3 rings (SSSR count). The maximum Gasteiger partial charge on any atom is 0.495 e. The Morgan fingerprint density at radius 1 is 1.21 bits per heavy atom. The van der Waals surface area contributed by atoms with E-state index in [-0.39, 0.29) is 5.91 Å². The minimum absolute atomic E-state index is 0.0129. The Balaban J connectivity index is 1.97. The normalized spacial score (nSPS) is 21.7. The van der Waals surface area contributed by atoms with Crippen LogP contribution in [0.15, 0.2) is 18.2 Å². The molecule has 1 aliphatic carbocycles. The smallest absolute Gasteiger partial charge is 0.495 e. The summed E-state index contributed by atoms with van der Waals surface area (Å²) in [5, 5.41) is 0. The van der Waals surface area contributed by atoms with Gasteiger partial charge in [-0.3, -0.25) is 4.79 Å². The second kappa shape index (κ2) is 5.78. The van der Waals surface area contributed by atoms with Gasteiger partial charge in [-0.1, -0.05) is 6.07 Å². The summed E-state index contributed by atoms with van der Waals surface area (Å²) in [6.07, 6.45) is 2.13. The monoisotopic (exact) mass is 331 g/mol. The third-order valence-electron chi connectivity index (χ3n) is 5.41. The van der Waals surface area contributed by atoms with Crippen LogP contribution in [0, 0.1) is 0 Å². The second-order valence-corrected chi connectivity index (χ2v) is 7.69. The van der Waals surface area contributed by atoms with Crippen LogP contribution in [0.1, 0.15) is 50.9 Å². The van der Waals surface area contributed by atoms with Gasteiger partial charge in [0, 0.05) is 18.7 Å². The topological polar surface area (TPSA) is 48.0 Å². The molecule has 1 amide bonds. The van der Waals surface area contributed by atoms with Crippen molar-refractivity contribution >= 4 is 18.5 Å². The Morgan fingerprint density at radius 3 is 2.29 bits per heavy atom. The fraction of sp³-hybridized carbons (Fsp3) is 0.611. The molecule has 1 aromatic carbocycles. The number of hydrogen-bond donors (Lipinski definition) is 0. The van der Waals surface area contributed by atoms with Gasteiger partial charge in [0.15, 0.2) is 0 Å². The van der Waals surface area contributed by atoms with Crippen molar-refractivity contribution in [1.29, 1.82) is 0 Å². The van der Waals surface area contributed by atoms with E-state index in [0.717, 1.165) is 18.3 Å². The van der Waals surface area contributed by atoms with E-state index in [1.165, 1.54) is 0 Å². The van der Waals surface area contributed by atoms with Crippen molar-refractivity contribution in [3.63, 3.8) is 0 Å². The molecule has 0 radical (unpaired) electrons. The molecule has 6 heteroatoms. The van der Waals surface area contributed by atoms with E-state index in [0.29, 0.717) is 17.4 Å². The summed E-state index contributed by atoms with van der Waals surface area (Å²) in [6, 6.07) is 5.83. The summed E-state index contributed by atoms with van der Waals surface area (Å²) in [5.41, 5.74) is 0.454. The molecule has 0 aromatic heterocycles. The molecule has 5 nitrogen and oxygen atoms in total. The van der Waals surface area contributed by atoms with Gasteiger partial charge in [0.2, 0.25) is 0 Å². The highest BCUT2D eigenvalue weighted by Crippen LogP contribution is 2.37. The molecule has 24 heavy (non-hydrogen) atoms. The van der Waals surface area contributed by atoms with Gasteiger partial charge in [0.25, 0.3) is 5.91 Å². The first kappa shape index (κ1) is 17.3. The summed E-state index contributed by atoms with van der Waals surface area (Å²) in [5.74, 6) is 0.643. The molecule has 2 fully saturated rings. The average molecular weight is 331 g/mol. The van der Waals surface area contributed by atoms with Crippen LogP contribution in [0.4, 0.5) is 0 Å². The van der Waals surface area contributed by atoms with Crippen LogP contribution in [0.5, 0.6) is 5.75 Å². The molecule has 2 aliphatic rings. The lowest BCUT2D eigenvalue weighted by atomic mass is 9.75. The minimum atomic E-state index is -0.563. The number of hydrogen-bond acceptors (Lipinski definition) is 4. The van der Waals surface area contributed by atoms with Gasteiger partial charge in [-0.2, -0.15) is 0 Å². The number of nitrogens with zero attached hydrogens (tertiary/aromatic N) is 1. The largest absolute Gasteiger partial charge is 0.497 e. The third-order valence-corrected chi connectivity index (χ3v) is 5.41. The highest BCUT2D eigenvalue weighted by Gasteiger charge is 2.52. The predicted molar refractivity (Wildman–Crippen MR) is 93.8 cm³/mol. The molecule has 130 valence electrons. The molecule has 0 unspecified atom stereocenters. The Kier molecular flexibility index (Phi) is 4.17. The first-order chi connectivity index (χ1) is 11.2. The molecule has 0 bridgehead atoms. The molecule has 1 saturated heterocycles. The second-order valence-electron chi connectivity index (χ2n) is 7.69. The van der Waals surface area contributed by atoms with Crippen LogP contribution in [0.25, 0.3) is 0 Å². The van der Waals surface area contributed by atoms with Crippen LogP contribution in [0.2, 0.25) is 0 Å². The number of carbonyl (C=O) groups is 1. The van der Waals surface area contributed by atoms with Crippen LogP contribution >= 0.6 is 0 Å². The predicted octanol–water partition coefficient (Wildman–Crippen LogP) is 2.23. The number of ether oxygens (including phenoxy) is 1. The zero-order chi connectivity index (χ0) is 17.7. The molecule has 1 aliphatic heterocycles. The lowest BCUT2D eigenvalue weighted by Crippen LogP contribution is -2.41. The lowest BCUT2D eigenvalue weighted by Gasteiger charge is -2.32. The molecule has 1 aromatic rings. The van der Waals surface area contributed by atoms with E-state index in [4.69, 9.17) is 14.0 Å². The Bertz CT molecular complexity index is 638. The van der Waals surface area contributed by atoms with Crippen molar-refractivity contribution in [2.45, 2.75) is 57.8 Å². The molecule has 1 saturated carbocycles. The maximum absolute atomic E-state index is 13.0. The van der Waals surface area contributed by atoms with Gasteiger partial charge < -0.3 is 18.9 Å². The summed E-state index contributed by atoms with van der Waals surface area (Å²) < 4.78 is 17.6. The Hall–Kier alpha value is -1.53. The highest BCUT2D eigenvalue weighted by molar-refractivity contribution is 6.63. The number of methoxy groups -OCH3 is 1. The number of amides is 1. The first-order valence-electron chi connectivity index (χ1n) is 8.47. The van der Waals surface area contributed by atoms with Gasteiger partial charge in [-0.25, -0.2) is 0 Å². The minimum Gasteiger partial charge on any atom is -0.497 e. The number of benzene rings is 1. The molecular formula is C18H26BNO4. The molecule has 0 spiro atoms. The van der Waals surface area contributed by atoms with E-state index >= 15 is 0 Å². The van der Waals surface area contributed by atoms with Gasteiger partial charge in [-0.05, 0) is 58.1 Å². The van der Waals surface area contributed by atoms with E-state index in [1.54, 1.807) is 13.2 Å². The van der Waals surface area contributed by atoms with E-state index in [1.807, 2.05) is 51.8 Å². The van der Waals surface area contributed by atoms with Crippen LogP contribution < -0.4 is 10.2 Å². The maximum atomic E-state index is 13.0.